The molecule has 88 valence electrons. The lowest BCUT2D eigenvalue weighted by atomic mass is 9.99. The molecule has 1 heterocycles. The third kappa shape index (κ3) is 1.78. The maximum atomic E-state index is 5.57. The Balaban J connectivity index is 2.11. The van der Waals surface area contributed by atoms with E-state index < -0.39 is 0 Å². The predicted molar refractivity (Wildman–Crippen MR) is 68.0 cm³/mol. The quantitative estimate of drug-likeness (QED) is 0.789. The fourth-order valence-corrected chi connectivity index (χ4v) is 2.38. The lowest BCUT2D eigenvalue weighted by Crippen LogP contribution is -1.90. The van der Waals surface area contributed by atoms with Gasteiger partial charge in [-0.1, -0.05) is 36.3 Å². The summed E-state index contributed by atoms with van der Waals surface area (Å²) in [5.74, 6) is 1.76. The minimum Gasteiger partial charge on any atom is -0.360 e. The summed E-state index contributed by atoms with van der Waals surface area (Å²) in [5, 5.41) is 4.30. The lowest BCUT2D eigenvalue weighted by Gasteiger charge is -2.03. The molecule has 0 saturated heterocycles. The van der Waals surface area contributed by atoms with Crippen molar-refractivity contribution in [3.05, 3.63) is 41.2 Å². The lowest BCUT2D eigenvalue weighted by molar-refractivity contribution is 0.384. The molecule has 2 heteroatoms. The summed E-state index contributed by atoms with van der Waals surface area (Å²) in [6, 6.07) is 8.38. The molecule has 1 aromatic carbocycles. The van der Waals surface area contributed by atoms with E-state index in [0.29, 0.717) is 5.92 Å². The summed E-state index contributed by atoms with van der Waals surface area (Å²) >= 11 is 0. The fraction of sp³-hybridized carbons (Fsp3) is 0.400. The zero-order valence-electron chi connectivity index (χ0n) is 10.4. The zero-order valence-corrected chi connectivity index (χ0v) is 10.4. The summed E-state index contributed by atoms with van der Waals surface area (Å²) in [5.41, 5.74) is 4.83. The fourth-order valence-electron chi connectivity index (χ4n) is 2.38. The second kappa shape index (κ2) is 4.02. The molecule has 0 aliphatic heterocycles. The predicted octanol–water partition coefficient (Wildman–Crippen LogP) is 4.09. The first kappa shape index (κ1) is 10.6. The van der Waals surface area contributed by atoms with Crippen LogP contribution in [0.15, 0.2) is 28.8 Å². The Morgan fingerprint density at radius 1 is 1.29 bits per heavy atom. The number of aryl methyl sites for hydroxylation is 1. The molecule has 1 aromatic heterocycles. The third-order valence-electron chi connectivity index (χ3n) is 3.52. The van der Waals surface area contributed by atoms with Gasteiger partial charge in [0.25, 0.3) is 0 Å². The maximum absolute atomic E-state index is 5.57. The Hall–Kier alpha value is -1.57. The van der Waals surface area contributed by atoms with Crippen LogP contribution >= 0.6 is 0 Å². The van der Waals surface area contributed by atoms with Gasteiger partial charge in [0.05, 0.1) is 0 Å². The van der Waals surface area contributed by atoms with E-state index in [9.17, 15) is 0 Å². The van der Waals surface area contributed by atoms with Crippen molar-refractivity contribution in [2.45, 2.75) is 39.0 Å². The molecule has 0 bridgehead atoms. The van der Waals surface area contributed by atoms with Crippen molar-refractivity contribution in [3.63, 3.8) is 0 Å². The molecule has 1 aliphatic rings. The summed E-state index contributed by atoms with van der Waals surface area (Å²) in [4.78, 5) is 0. The zero-order chi connectivity index (χ0) is 11.8. The molecule has 0 spiro atoms. The van der Waals surface area contributed by atoms with Gasteiger partial charge in [0.2, 0.25) is 0 Å². The standard InChI is InChI=1S/C15H17NO/c1-3-12-14(13-7-5-4-6-10(13)2)16-17-15(12)11-8-9-11/h4-7,11H,3,8-9H2,1-2H3. The maximum Gasteiger partial charge on any atom is 0.143 e. The smallest absolute Gasteiger partial charge is 0.143 e. The first-order chi connectivity index (χ1) is 8.31. The van der Waals surface area contributed by atoms with E-state index in [1.165, 1.54) is 29.5 Å². The highest BCUT2D eigenvalue weighted by atomic mass is 16.5. The van der Waals surface area contributed by atoms with E-state index >= 15 is 0 Å². The van der Waals surface area contributed by atoms with Crippen LogP contribution in [0, 0.1) is 6.92 Å². The largest absolute Gasteiger partial charge is 0.360 e. The van der Waals surface area contributed by atoms with Gasteiger partial charge >= 0.3 is 0 Å². The summed E-state index contributed by atoms with van der Waals surface area (Å²) < 4.78 is 5.57. The van der Waals surface area contributed by atoms with Crippen molar-refractivity contribution in [3.8, 4) is 11.3 Å². The molecule has 1 saturated carbocycles. The van der Waals surface area contributed by atoms with Crippen molar-refractivity contribution in [2.24, 2.45) is 0 Å². The highest BCUT2D eigenvalue weighted by molar-refractivity contribution is 5.67. The van der Waals surface area contributed by atoms with Crippen molar-refractivity contribution in [2.75, 3.05) is 0 Å². The number of hydrogen-bond acceptors (Lipinski definition) is 2. The van der Waals surface area contributed by atoms with Crippen LogP contribution in [-0.4, -0.2) is 5.16 Å². The third-order valence-corrected chi connectivity index (χ3v) is 3.52. The molecular formula is C15H17NO. The van der Waals surface area contributed by atoms with Crippen LogP contribution in [0.5, 0.6) is 0 Å². The van der Waals surface area contributed by atoms with Gasteiger partial charge in [-0.2, -0.15) is 0 Å². The van der Waals surface area contributed by atoms with E-state index in [4.69, 9.17) is 4.52 Å². The van der Waals surface area contributed by atoms with Crippen molar-refractivity contribution in [1.82, 2.24) is 5.16 Å². The van der Waals surface area contributed by atoms with Gasteiger partial charge in [-0.25, -0.2) is 0 Å². The first-order valence-electron chi connectivity index (χ1n) is 6.35. The number of benzene rings is 1. The molecular weight excluding hydrogens is 210 g/mol. The Morgan fingerprint density at radius 2 is 2.06 bits per heavy atom. The van der Waals surface area contributed by atoms with Gasteiger partial charge in [0.15, 0.2) is 0 Å². The Labute approximate surface area is 102 Å². The molecule has 0 N–H and O–H groups in total. The SMILES string of the molecule is CCc1c(-c2ccccc2C)noc1C1CC1. The molecule has 17 heavy (non-hydrogen) atoms. The van der Waals surface area contributed by atoms with Gasteiger partial charge in [0.1, 0.15) is 11.5 Å². The normalized spacial score (nSPS) is 15.2. The van der Waals surface area contributed by atoms with Gasteiger partial charge < -0.3 is 4.52 Å². The van der Waals surface area contributed by atoms with Gasteiger partial charge in [-0.05, 0) is 31.7 Å². The van der Waals surface area contributed by atoms with Crippen LogP contribution in [0.1, 0.15) is 42.6 Å². The van der Waals surface area contributed by atoms with Gasteiger partial charge in [0, 0.05) is 17.0 Å². The van der Waals surface area contributed by atoms with E-state index in [1.807, 2.05) is 0 Å². The number of hydrogen-bond donors (Lipinski definition) is 0. The average Bonchev–Trinajstić information content (AvgIpc) is 3.10. The van der Waals surface area contributed by atoms with Crippen LogP contribution in [0.4, 0.5) is 0 Å². The van der Waals surface area contributed by atoms with Crippen molar-refractivity contribution >= 4 is 0 Å². The van der Waals surface area contributed by atoms with Crippen LogP contribution in [0.2, 0.25) is 0 Å². The van der Waals surface area contributed by atoms with E-state index in [0.717, 1.165) is 17.9 Å². The molecule has 2 nitrogen and oxygen atoms in total. The Kier molecular flexibility index (Phi) is 2.50. The van der Waals surface area contributed by atoms with Crippen molar-refractivity contribution < 1.29 is 4.52 Å². The second-order valence-electron chi connectivity index (χ2n) is 4.82. The Morgan fingerprint density at radius 3 is 2.71 bits per heavy atom. The molecule has 2 aromatic rings. The second-order valence-corrected chi connectivity index (χ2v) is 4.82. The summed E-state index contributed by atoms with van der Waals surface area (Å²) in [6.07, 6.45) is 3.52. The molecule has 1 aliphatic carbocycles. The Bertz CT molecular complexity index is 538. The number of nitrogens with zero attached hydrogens (tertiary/aromatic N) is 1. The molecule has 3 rings (SSSR count). The van der Waals surface area contributed by atoms with E-state index in [-0.39, 0.29) is 0 Å². The summed E-state index contributed by atoms with van der Waals surface area (Å²) in [7, 11) is 0. The molecule has 1 fully saturated rings. The van der Waals surface area contributed by atoms with E-state index in [1.54, 1.807) is 0 Å². The highest BCUT2D eigenvalue weighted by Crippen LogP contribution is 2.44. The summed E-state index contributed by atoms with van der Waals surface area (Å²) in [6.45, 7) is 4.31. The molecule has 0 atom stereocenters. The topological polar surface area (TPSA) is 26.0 Å². The number of aromatic nitrogens is 1. The minimum atomic E-state index is 0.634. The van der Waals surface area contributed by atoms with Crippen LogP contribution < -0.4 is 0 Å². The van der Waals surface area contributed by atoms with Crippen LogP contribution in [-0.2, 0) is 6.42 Å². The first-order valence-corrected chi connectivity index (χ1v) is 6.35. The minimum absolute atomic E-state index is 0.634. The van der Waals surface area contributed by atoms with Crippen LogP contribution in [0.3, 0.4) is 0 Å². The highest BCUT2D eigenvalue weighted by Gasteiger charge is 2.31. The monoisotopic (exact) mass is 227 g/mol. The number of rotatable bonds is 3. The van der Waals surface area contributed by atoms with Crippen molar-refractivity contribution in [1.29, 1.82) is 0 Å². The van der Waals surface area contributed by atoms with Gasteiger partial charge in [-0.15, -0.1) is 0 Å². The molecule has 0 amide bonds. The van der Waals surface area contributed by atoms with Crippen LogP contribution in [0.25, 0.3) is 11.3 Å². The molecule has 0 radical (unpaired) electrons. The average molecular weight is 227 g/mol. The van der Waals surface area contributed by atoms with Gasteiger partial charge in [-0.3, -0.25) is 0 Å². The molecule has 0 unspecified atom stereocenters. The van der Waals surface area contributed by atoms with E-state index in [2.05, 4.69) is 43.3 Å².